The van der Waals surface area contributed by atoms with Crippen molar-refractivity contribution < 1.29 is 9.53 Å². The van der Waals surface area contributed by atoms with Crippen LogP contribution in [-0.4, -0.2) is 22.7 Å². The van der Waals surface area contributed by atoms with Crippen LogP contribution < -0.4 is 10.2 Å². The summed E-state index contributed by atoms with van der Waals surface area (Å²) in [6, 6.07) is 14.8. The molecule has 0 unspecified atom stereocenters. The first-order chi connectivity index (χ1) is 11.1. The van der Waals surface area contributed by atoms with Crippen LogP contribution in [0.2, 0.25) is 0 Å². The Kier molecular flexibility index (Phi) is 3.93. The summed E-state index contributed by atoms with van der Waals surface area (Å²) in [6.07, 6.45) is 0. The fourth-order valence-corrected chi connectivity index (χ4v) is 2.49. The molecule has 0 aliphatic rings. The molecular weight excluding hydrogens is 292 g/mol. The van der Waals surface area contributed by atoms with E-state index in [-0.39, 0.29) is 16.9 Å². The Morgan fingerprint density at radius 3 is 2.48 bits per heavy atom. The number of carbonyl (C=O) groups excluding carboxylic acids is 1. The first-order valence-corrected chi connectivity index (χ1v) is 7.24. The number of carbonyl (C=O) groups is 1. The molecule has 0 amide bonds. The average Bonchev–Trinajstić information content (AvgIpc) is 2.58. The van der Waals surface area contributed by atoms with E-state index in [1.54, 1.807) is 23.9 Å². The maximum Gasteiger partial charge on any atom is 0.218 e. The van der Waals surface area contributed by atoms with E-state index in [0.29, 0.717) is 17.4 Å². The van der Waals surface area contributed by atoms with Crippen LogP contribution in [0.5, 0.6) is 5.75 Å². The van der Waals surface area contributed by atoms with E-state index in [1.807, 2.05) is 36.4 Å². The van der Waals surface area contributed by atoms with Gasteiger partial charge in [0.15, 0.2) is 11.5 Å². The summed E-state index contributed by atoms with van der Waals surface area (Å²) >= 11 is 0. The second-order valence-electron chi connectivity index (χ2n) is 5.26. The Balaban J connectivity index is 2.13. The molecule has 0 saturated heterocycles. The third kappa shape index (κ3) is 2.85. The second-order valence-corrected chi connectivity index (χ2v) is 5.26. The SMILES string of the molecule is COc1ccc(Cn2nc(C(C)=O)c(=O)c3ccccc32)cc1. The Morgan fingerprint density at radius 2 is 1.83 bits per heavy atom. The minimum Gasteiger partial charge on any atom is -0.497 e. The minimum absolute atomic E-state index is 0.0304. The van der Waals surface area contributed by atoms with Crippen LogP contribution in [-0.2, 0) is 6.54 Å². The molecule has 0 N–H and O–H groups in total. The molecule has 3 rings (SSSR count). The molecule has 0 bridgehead atoms. The number of hydrogen-bond donors (Lipinski definition) is 0. The predicted octanol–water partition coefficient (Wildman–Crippen LogP) is 2.66. The number of Topliss-reactive ketones (excluding diaryl/α,β-unsaturated/α-hetero) is 1. The summed E-state index contributed by atoms with van der Waals surface area (Å²) in [5.74, 6) is 0.445. The van der Waals surface area contributed by atoms with Gasteiger partial charge in [0.1, 0.15) is 5.75 Å². The van der Waals surface area contributed by atoms with Crippen LogP contribution in [0.4, 0.5) is 0 Å². The summed E-state index contributed by atoms with van der Waals surface area (Å²) in [6.45, 7) is 1.82. The van der Waals surface area contributed by atoms with Gasteiger partial charge in [-0.15, -0.1) is 0 Å². The number of hydrogen-bond acceptors (Lipinski definition) is 4. The highest BCUT2D eigenvalue weighted by Gasteiger charge is 2.14. The van der Waals surface area contributed by atoms with Gasteiger partial charge in [-0.05, 0) is 29.8 Å². The third-order valence-electron chi connectivity index (χ3n) is 3.69. The van der Waals surface area contributed by atoms with Gasteiger partial charge in [-0.1, -0.05) is 24.3 Å². The van der Waals surface area contributed by atoms with Gasteiger partial charge in [-0.2, -0.15) is 5.10 Å². The standard InChI is InChI=1S/C18H16N2O3/c1-12(21)17-18(22)15-5-3-4-6-16(15)20(19-17)11-13-7-9-14(23-2)10-8-13/h3-10H,11H2,1-2H3. The average molecular weight is 308 g/mol. The molecule has 0 fully saturated rings. The lowest BCUT2D eigenvalue weighted by atomic mass is 10.1. The van der Waals surface area contributed by atoms with Crippen molar-refractivity contribution in [2.24, 2.45) is 0 Å². The zero-order valence-corrected chi connectivity index (χ0v) is 12.9. The van der Waals surface area contributed by atoms with Crippen molar-refractivity contribution in [3.05, 3.63) is 70.0 Å². The highest BCUT2D eigenvalue weighted by atomic mass is 16.5. The molecule has 0 aliphatic carbocycles. The van der Waals surface area contributed by atoms with Crippen molar-refractivity contribution in [1.82, 2.24) is 9.78 Å². The number of fused-ring (bicyclic) bond motifs is 1. The molecule has 5 heteroatoms. The van der Waals surface area contributed by atoms with E-state index < -0.39 is 0 Å². The lowest BCUT2D eigenvalue weighted by molar-refractivity contribution is 0.101. The second kappa shape index (κ2) is 6.04. The molecule has 0 spiro atoms. The highest BCUT2D eigenvalue weighted by molar-refractivity contribution is 5.95. The maximum atomic E-state index is 12.3. The first kappa shape index (κ1) is 15.0. The van der Waals surface area contributed by atoms with Crippen LogP contribution in [0.3, 0.4) is 0 Å². The van der Waals surface area contributed by atoms with E-state index in [0.717, 1.165) is 11.3 Å². The summed E-state index contributed by atoms with van der Waals surface area (Å²) < 4.78 is 6.84. The van der Waals surface area contributed by atoms with Gasteiger partial charge in [-0.3, -0.25) is 14.3 Å². The third-order valence-corrected chi connectivity index (χ3v) is 3.69. The molecule has 1 aromatic heterocycles. The lowest BCUT2D eigenvalue weighted by Crippen LogP contribution is -2.22. The van der Waals surface area contributed by atoms with Gasteiger partial charge in [0.2, 0.25) is 5.43 Å². The Bertz CT molecular complexity index is 927. The molecule has 23 heavy (non-hydrogen) atoms. The number of methoxy groups -OCH3 is 1. The Hall–Kier alpha value is -2.95. The van der Waals surface area contributed by atoms with Gasteiger partial charge < -0.3 is 4.74 Å². The normalized spacial score (nSPS) is 10.7. The lowest BCUT2D eigenvalue weighted by Gasteiger charge is -2.11. The number of nitrogens with zero attached hydrogens (tertiary/aromatic N) is 2. The molecule has 0 atom stereocenters. The molecule has 116 valence electrons. The molecule has 0 saturated carbocycles. The number of ketones is 1. The predicted molar refractivity (Wildman–Crippen MR) is 88.1 cm³/mol. The molecule has 5 nitrogen and oxygen atoms in total. The van der Waals surface area contributed by atoms with E-state index in [1.165, 1.54) is 6.92 Å². The highest BCUT2D eigenvalue weighted by Crippen LogP contribution is 2.15. The minimum atomic E-state index is -0.329. The molecule has 2 aromatic carbocycles. The van der Waals surface area contributed by atoms with Gasteiger partial charge >= 0.3 is 0 Å². The molecule has 0 radical (unpaired) electrons. The smallest absolute Gasteiger partial charge is 0.218 e. The van der Waals surface area contributed by atoms with E-state index >= 15 is 0 Å². The first-order valence-electron chi connectivity index (χ1n) is 7.24. The molecule has 0 aliphatic heterocycles. The van der Waals surface area contributed by atoms with Gasteiger partial charge in [0, 0.05) is 12.3 Å². The van der Waals surface area contributed by atoms with E-state index in [9.17, 15) is 9.59 Å². The Labute approximate surface area is 133 Å². The molecular formula is C18H16N2O3. The summed E-state index contributed by atoms with van der Waals surface area (Å²) in [5.41, 5.74) is 1.36. The fraction of sp³-hybridized carbons (Fsp3) is 0.167. The number of benzene rings is 2. The number of aromatic nitrogens is 2. The molecule has 3 aromatic rings. The fourth-order valence-electron chi connectivity index (χ4n) is 2.49. The van der Waals surface area contributed by atoms with Crippen molar-refractivity contribution in [3.8, 4) is 5.75 Å². The quantitative estimate of drug-likeness (QED) is 0.695. The summed E-state index contributed by atoms with van der Waals surface area (Å²) in [7, 11) is 1.62. The largest absolute Gasteiger partial charge is 0.497 e. The van der Waals surface area contributed by atoms with Crippen LogP contribution in [0, 0.1) is 0 Å². The maximum absolute atomic E-state index is 12.3. The van der Waals surface area contributed by atoms with Gasteiger partial charge in [0.25, 0.3) is 0 Å². The number of para-hydroxylation sites is 1. The van der Waals surface area contributed by atoms with Crippen molar-refractivity contribution >= 4 is 16.7 Å². The Morgan fingerprint density at radius 1 is 1.13 bits per heavy atom. The zero-order valence-electron chi connectivity index (χ0n) is 12.9. The topological polar surface area (TPSA) is 61.2 Å². The van der Waals surface area contributed by atoms with Gasteiger partial charge in [-0.25, -0.2) is 0 Å². The van der Waals surface area contributed by atoms with Crippen LogP contribution in [0.1, 0.15) is 23.0 Å². The van der Waals surface area contributed by atoms with E-state index in [4.69, 9.17) is 4.74 Å². The van der Waals surface area contributed by atoms with Crippen molar-refractivity contribution in [1.29, 1.82) is 0 Å². The van der Waals surface area contributed by atoms with Crippen molar-refractivity contribution in [2.45, 2.75) is 13.5 Å². The van der Waals surface area contributed by atoms with Crippen LogP contribution in [0.15, 0.2) is 53.3 Å². The van der Waals surface area contributed by atoms with Crippen LogP contribution in [0.25, 0.3) is 10.9 Å². The summed E-state index contributed by atoms with van der Waals surface area (Å²) in [5, 5.41) is 4.76. The summed E-state index contributed by atoms with van der Waals surface area (Å²) in [4.78, 5) is 24.1. The van der Waals surface area contributed by atoms with Crippen molar-refractivity contribution in [2.75, 3.05) is 7.11 Å². The zero-order chi connectivity index (χ0) is 16.4. The van der Waals surface area contributed by atoms with E-state index in [2.05, 4.69) is 5.10 Å². The number of ether oxygens (including phenoxy) is 1. The van der Waals surface area contributed by atoms with Crippen molar-refractivity contribution in [3.63, 3.8) is 0 Å². The van der Waals surface area contributed by atoms with Gasteiger partial charge in [0.05, 0.1) is 19.2 Å². The molecule has 1 heterocycles. The monoisotopic (exact) mass is 308 g/mol. The van der Waals surface area contributed by atoms with Crippen LogP contribution >= 0.6 is 0 Å². The number of rotatable bonds is 4.